The van der Waals surface area contributed by atoms with Crippen LogP contribution < -0.4 is 5.43 Å². The van der Waals surface area contributed by atoms with E-state index in [0.29, 0.717) is 10.9 Å². The van der Waals surface area contributed by atoms with Crippen molar-refractivity contribution in [2.75, 3.05) is 6.26 Å². The Bertz CT molecular complexity index is 850. The number of benzene rings is 2. The van der Waals surface area contributed by atoms with Crippen molar-refractivity contribution in [3.63, 3.8) is 0 Å². The van der Waals surface area contributed by atoms with Crippen molar-refractivity contribution >= 4 is 49.6 Å². The Kier molecular flexibility index (Phi) is 3.12. The van der Waals surface area contributed by atoms with E-state index in [1.54, 1.807) is 35.2 Å². The molecule has 0 aliphatic carbocycles. The van der Waals surface area contributed by atoms with Gasteiger partial charge in [0.25, 0.3) is 0 Å². The van der Waals surface area contributed by atoms with Crippen LogP contribution in [-0.2, 0) is 0 Å². The molecule has 0 saturated heterocycles. The number of thioether (sulfide) groups is 1. The molecule has 1 heterocycles. The second-order valence-electron chi connectivity index (χ2n) is 4.17. The Morgan fingerprint density at radius 1 is 1.05 bits per heavy atom. The second kappa shape index (κ2) is 4.79. The van der Waals surface area contributed by atoms with Gasteiger partial charge >= 0.3 is 0 Å². The summed E-state index contributed by atoms with van der Waals surface area (Å²) in [4.78, 5) is 24.4. The zero-order valence-corrected chi connectivity index (χ0v) is 11.8. The van der Waals surface area contributed by atoms with Gasteiger partial charge in [-0.1, -0.05) is 6.07 Å². The summed E-state index contributed by atoms with van der Waals surface area (Å²) in [7, 11) is 0. The van der Waals surface area contributed by atoms with Gasteiger partial charge in [0, 0.05) is 30.6 Å². The summed E-state index contributed by atoms with van der Waals surface area (Å²) in [5.74, 6) is 0. The van der Waals surface area contributed by atoms with Crippen molar-refractivity contribution in [2.45, 2.75) is 4.90 Å². The standard InChI is InChI=1S/C15H10O2S2/c1-18-10-3-5-14-12(7-10)15(17)11-6-9(8-16)2-4-13(11)19-14/h2-8H,1H3. The van der Waals surface area contributed by atoms with Gasteiger partial charge in [0.2, 0.25) is 0 Å². The highest BCUT2D eigenvalue weighted by Crippen LogP contribution is 2.27. The predicted octanol–water partition coefficient (Wildman–Crippen LogP) is 3.95. The number of hydrogen-bond donors (Lipinski definition) is 0. The van der Waals surface area contributed by atoms with Gasteiger partial charge in [-0.05, 0) is 36.6 Å². The normalized spacial score (nSPS) is 11.0. The second-order valence-corrected chi connectivity index (χ2v) is 6.13. The molecular formula is C15H10O2S2. The van der Waals surface area contributed by atoms with Gasteiger partial charge in [0.05, 0.1) is 0 Å². The molecule has 0 amide bonds. The Hall–Kier alpha value is -1.65. The fourth-order valence-corrected chi connectivity index (χ4v) is 3.53. The van der Waals surface area contributed by atoms with E-state index in [2.05, 4.69) is 0 Å². The van der Waals surface area contributed by atoms with Crippen LogP contribution in [-0.4, -0.2) is 12.5 Å². The molecule has 0 aliphatic rings. The summed E-state index contributed by atoms with van der Waals surface area (Å²) in [6.45, 7) is 0. The fourth-order valence-electron chi connectivity index (χ4n) is 2.05. The quantitative estimate of drug-likeness (QED) is 0.406. The summed E-state index contributed by atoms with van der Waals surface area (Å²) in [6, 6.07) is 11.2. The van der Waals surface area contributed by atoms with Gasteiger partial charge in [-0.3, -0.25) is 9.59 Å². The molecule has 0 bridgehead atoms. The molecule has 3 aromatic rings. The maximum absolute atomic E-state index is 12.5. The molecule has 94 valence electrons. The largest absolute Gasteiger partial charge is 0.298 e. The number of fused-ring (bicyclic) bond motifs is 2. The lowest BCUT2D eigenvalue weighted by atomic mass is 10.1. The minimum Gasteiger partial charge on any atom is -0.298 e. The molecule has 0 fully saturated rings. The lowest BCUT2D eigenvalue weighted by Gasteiger charge is -2.03. The van der Waals surface area contributed by atoms with E-state index < -0.39 is 0 Å². The molecule has 0 spiro atoms. The van der Waals surface area contributed by atoms with Gasteiger partial charge in [0.15, 0.2) is 5.43 Å². The molecule has 0 aliphatic heterocycles. The third kappa shape index (κ3) is 2.07. The molecule has 3 rings (SSSR count). The van der Waals surface area contributed by atoms with E-state index in [4.69, 9.17) is 0 Å². The smallest absolute Gasteiger partial charge is 0.195 e. The lowest BCUT2D eigenvalue weighted by molar-refractivity contribution is 0.112. The Balaban J connectivity index is 2.46. The fraction of sp³-hybridized carbons (Fsp3) is 0.0667. The first-order valence-corrected chi connectivity index (χ1v) is 7.77. The number of carbonyl (C=O) groups excluding carboxylic acids is 1. The Labute approximate surface area is 118 Å². The first kappa shape index (κ1) is 12.4. The first-order valence-electron chi connectivity index (χ1n) is 5.73. The molecule has 4 heteroatoms. The van der Waals surface area contributed by atoms with Crippen molar-refractivity contribution in [3.05, 3.63) is 52.2 Å². The van der Waals surface area contributed by atoms with Gasteiger partial charge in [-0.25, -0.2) is 0 Å². The SMILES string of the molecule is CSc1ccc2sc3ccc(C=O)cc3c(=O)c2c1. The van der Waals surface area contributed by atoms with E-state index >= 15 is 0 Å². The van der Waals surface area contributed by atoms with Crippen molar-refractivity contribution in [1.29, 1.82) is 0 Å². The third-order valence-electron chi connectivity index (χ3n) is 3.04. The predicted molar refractivity (Wildman–Crippen MR) is 82.8 cm³/mol. The van der Waals surface area contributed by atoms with Crippen LogP contribution in [0.25, 0.3) is 20.2 Å². The topological polar surface area (TPSA) is 34.1 Å². The van der Waals surface area contributed by atoms with Gasteiger partial charge in [0.1, 0.15) is 6.29 Å². The monoisotopic (exact) mass is 286 g/mol. The molecule has 19 heavy (non-hydrogen) atoms. The zero-order chi connectivity index (χ0) is 13.4. The minimum absolute atomic E-state index is 0.00310. The van der Waals surface area contributed by atoms with Gasteiger partial charge in [-0.15, -0.1) is 23.1 Å². The van der Waals surface area contributed by atoms with Gasteiger partial charge < -0.3 is 0 Å². The summed E-state index contributed by atoms with van der Waals surface area (Å²) in [6.07, 6.45) is 2.76. The van der Waals surface area contributed by atoms with Crippen LogP contribution in [0, 0.1) is 0 Å². The highest BCUT2D eigenvalue weighted by Gasteiger charge is 2.07. The summed E-state index contributed by atoms with van der Waals surface area (Å²) in [5, 5.41) is 1.35. The lowest BCUT2D eigenvalue weighted by Crippen LogP contribution is -2.01. The number of aldehydes is 1. The van der Waals surface area contributed by atoms with Crippen molar-refractivity contribution in [3.8, 4) is 0 Å². The Morgan fingerprint density at radius 2 is 1.74 bits per heavy atom. The summed E-state index contributed by atoms with van der Waals surface area (Å²) >= 11 is 3.19. The van der Waals surface area contributed by atoms with Crippen molar-refractivity contribution < 1.29 is 4.79 Å². The molecule has 0 N–H and O–H groups in total. The average molecular weight is 286 g/mol. The molecule has 0 saturated carbocycles. The third-order valence-corrected chi connectivity index (χ3v) is 4.91. The summed E-state index contributed by atoms with van der Waals surface area (Å²) < 4.78 is 1.90. The Morgan fingerprint density at radius 3 is 2.42 bits per heavy atom. The van der Waals surface area contributed by atoms with Gasteiger partial charge in [-0.2, -0.15) is 0 Å². The zero-order valence-electron chi connectivity index (χ0n) is 10.2. The van der Waals surface area contributed by atoms with Crippen molar-refractivity contribution in [1.82, 2.24) is 0 Å². The van der Waals surface area contributed by atoms with E-state index in [0.717, 1.165) is 26.0 Å². The molecule has 1 aromatic heterocycles. The number of carbonyl (C=O) groups is 1. The average Bonchev–Trinajstić information content (AvgIpc) is 2.47. The summed E-state index contributed by atoms with van der Waals surface area (Å²) in [5.41, 5.74) is 0.542. The molecule has 2 nitrogen and oxygen atoms in total. The number of rotatable bonds is 2. The minimum atomic E-state index is 0.00310. The maximum atomic E-state index is 12.5. The van der Waals surface area contributed by atoms with E-state index in [1.165, 1.54) is 0 Å². The molecule has 2 aromatic carbocycles. The van der Waals surface area contributed by atoms with Crippen LogP contribution in [0.4, 0.5) is 0 Å². The number of hydrogen-bond acceptors (Lipinski definition) is 4. The van der Waals surface area contributed by atoms with E-state index in [-0.39, 0.29) is 5.43 Å². The highest BCUT2D eigenvalue weighted by molar-refractivity contribution is 7.98. The first-order chi connectivity index (χ1) is 9.22. The highest BCUT2D eigenvalue weighted by atomic mass is 32.2. The van der Waals surface area contributed by atoms with Crippen LogP contribution in [0.3, 0.4) is 0 Å². The van der Waals surface area contributed by atoms with Crippen molar-refractivity contribution in [2.24, 2.45) is 0 Å². The molecule has 0 unspecified atom stereocenters. The van der Waals surface area contributed by atoms with Crippen LogP contribution in [0.1, 0.15) is 10.4 Å². The molecular weight excluding hydrogens is 276 g/mol. The van der Waals surface area contributed by atoms with Crippen LogP contribution in [0.2, 0.25) is 0 Å². The van der Waals surface area contributed by atoms with Crippen LogP contribution in [0.5, 0.6) is 0 Å². The van der Waals surface area contributed by atoms with Crippen LogP contribution >= 0.6 is 23.1 Å². The molecule has 0 atom stereocenters. The maximum Gasteiger partial charge on any atom is 0.195 e. The van der Waals surface area contributed by atoms with E-state index in [1.807, 2.05) is 30.5 Å². The molecule has 0 radical (unpaired) electrons. The van der Waals surface area contributed by atoms with Crippen LogP contribution in [0.15, 0.2) is 46.1 Å². The van der Waals surface area contributed by atoms with E-state index in [9.17, 15) is 9.59 Å².